The van der Waals surface area contributed by atoms with E-state index in [9.17, 15) is 0 Å². The molecular formula is C14H17BrN2. The highest BCUT2D eigenvalue weighted by Gasteiger charge is 2.21. The number of halogens is 1. The highest BCUT2D eigenvalue weighted by Crippen LogP contribution is 2.32. The molecule has 17 heavy (non-hydrogen) atoms. The van der Waals surface area contributed by atoms with Gasteiger partial charge < -0.3 is 10.3 Å². The van der Waals surface area contributed by atoms with Crippen LogP contribution in [0.4, 0.5) is 0 Å². The van der Waals surface area contributed by atoms with Crippen molar-refractivity contribution in [2.45, 2.75) is 39.3 Å². The molecule has 0 spiro atoms. The van der Waals surface area contributed by atoms with Gasteiger partial charge in [-0.05, 0) is 59.8 Å². The summed E-state index contributed by atoms with van der Waals surface area (Å²) in [5.74, 6) is 0. The Bertz CT molecular complexity index is 567. The molecule has 1 fully saturated rings. The molecule has 0 aliphatic heterocycles. The molecule has 2 N–H and O–H groups in total. The summed E-state index contributed by atoms with van der Waals surface area (Å²) in [6.45, 7) is 5.24. The third-order valence-electron chi connectivity index (χ3n) is 3.39. The van der Waals surface area contributed by atoms with Crippen molar-refractivity contribution in [3.63, 3.8) is 0 Å². The molecule has 1 heterocycles. The van der Waals surface area contributed by atoms with Gasteiger partial charge in [0.1, 0.15) is 0 Å². The van der Waals surface area contributed by atoms with Crippen molar-refractivity contribution in [1.82, 2.24) is 10.3 Å². The lowest BCUT2D eigenvalue weighted by molar-refractivity contribution is 0.676. The minimum Gasteiger partial charge on any atom is -0.356 e. The molecule has 1 aliphatic rings. The summed E-state index contributed by atoms with van der Waals surface area (Å²) < 4.78 is 1.22. The second-order valence-corrected chi connectivity index (χ2v) is 5.87. The van der Waals surface area contributed by atoms with Crippen molar-refractivity contribution < 1.29 is 0 Å². The normalized spacial score (nSPS) is 15.7. The maximum absolute atomic E-state index is 3.73. The fourth-order valence-corrected chi connectivity index (χ4v) is 3.15. The van der Waals surface area contributed by atoms with E-state index in [2.05, 4.69) is 52.2 Å². The van der Waals surface area contributed by atoms with E-state index in [1.807, 2.05) is 0 Å². The SMILES string of the molecule is Cc1cc(C)c2c(Br)c(CNC3CC3)[nH]c2c1. The lowest BCUT2D eigenvalue weighted by Gasteiger charge is -2.01. The van der Waals surface area contributed by atoms with Gasteiger partial charge in [0.05, 0.1) is 0 Å². The van der Waals surface area contributed by atoms with Crippen molar-refractivity contribution >= 4 is 26.8 Å². The van der Waals surface area contributed by atoms with Crippen LogP contribution in [0.15, 0.2) is 16.6 Å². The Morgan fingerprint density at radius 1 is 1.35 bits per heavy atom. The Morgan fingerprint density at radius 2 is 2.12 bits per heavy atom. The van der Waals surface area contributed by atoms with Gasteiger partial charge in [-0.2, -0.15) is 0 Å². The van der Waals surface area contributed by atoms with E-state index in [4.69, 9.17) is 0 Å². The largest absolute Gasteiger partial charge is 0.356 e. The fourth-order valence-electron chi connectivity index (χ4n) is 2.38. The number of fused-ring (bicyclic) bond motifs is 1. The molecule has 0 atom stereocenters. The van der Waals surface area contributed by atoms with Crippen LogP contribution in [0, 0.1) is 13.8 Å². The average Bonchev–Trinajstić information content (AvgIpc) is 3.01. The summed E-state index contributed by atoms with van der Waals surface area (Å²) in [5.41, 5.74) is 5.15. The maximum atomic E-state index is 3.73. The second kappa shape index (κ2) is 4.14. The van der Waals surface area contributed by atoms with Crippen LogP contribution in [-0.4, -0.2) is 11.0 Å². The van der Waals surface area contributed by atoms with Crippen LogP contribution in [0.25, 0.3) is 10.9 Å². The number of nitrogens with one attached hydrogen (secondary N) is 2. The molecule has 1 aromatic heterocycles. The zero-order valence-corrected chi connectivity index (χ0v) is 11.8. The van der Waals surface area contributed by atoms with Crippen LogP contribution < -0.4 is 5.32 Å². The molecule has 2 aromatic rings. The predicted molar refractivity (Wildman–Crippen MR) is 75.3 cm³/mol. The summed E-state index contributed by atoms with van der Waals surface area (Å²) in [4.78, 5) is 3.52. The van der Waals surface area contributed by atoms with Gasteiger partial charge in [-0.1, -0.05) is 6.07 Å². The lowest BCUT2D eigenvalue weighted by atomic mass is 10.1. The van der Waals surface area contributed by atoms with E-state index in [1.165, 1.54) is 45.0 Å². The van der Waals surface area contributed by atoms with Crippen molar-refractivity contribution in [3.05, 3.63) is 33.4 Å². The number of H-pyrrole nitrogens is 1. The highest BCUT2D eigenvalue weighted by molar-refractivity contribution is 9.10. The predicted octanol–water partition coefficient (Wildman–Crippen LogP) is 3.80. The number of benzene rings is 1. The van der Waals surface area contributed by atoms with Crippen molar-refractivity contribution in [2.75, 3.05) is 0 Å². The van der Waals surface area contributed by atoms with Crippen LogP contribution in [-0.2, 0) is 6.54 Å². The van der Waals surface area contributed by atoms with Gasteiger partial charge in [-0.15, -0.1) is 0 Å². The minimum absolute atomic E-state index is 0.746. The van der Waals surface area contributed by atoms with Crippen molar-refractivity contribution in [2.24, 2.45) is 0 Å². The van der Waals surface area contributed by atoms with Gasteiger partial charge in [0, 0.05) is 33.7 Å². The van der Waals surface area contributed by atoms with Gasteiger partial charge in [-0.25, -0.2) is 0 Å². The summed E-state index contributed by atoms with van der Waals surface area (Å²) in [5, 5.41) is 4.87. The average molecular weight is 293 g/mol. The third-order valence-corrected chi connectivity index (χ3v) is 4.27. The van der Waals surface area contributed by atoms with E-state index in [0.29, 0.717) is 0 Å². The number of aryl methyl sites for hydroxylation is 2. The molecule has 0 radical (unpaired) electrons. The van der Waals surface area contributed by atoms with E-state index < -0.39 is 0 Å². The molecule has 90 valence electrons. The van der Waals surface area contributed by atoms with Crippen LogP contribution in [0.1, 0.15) is 29.7 Å². The van der Waals surface area contributed by atoms with Gasteiger partial charge in [0.2, 0.25) is 0 Å². The topological polar surface area (TPSA) is 27.8 Å². The Hall–Kier alpha value is -0.800. The number of aromatic amines is 1. The Balaban J connectivity index is 2.01. The van der Waals surface area contributed by atoms with E-state index in [-0.39, 0.29) is 0 Å². The zero-order valence-electron chi connectivity index (χ0n) is 10.2. The molecule has 3 rings (SSSR count). The first-order chi connectivity index (χ1) is 8.15. The molecule has 1 aromatic carbocycles. The molecule has 0 amide bonds. The van der Waals surface area contributed by atoms with E-state index in [1.54, 1.807) is 0 Å². The molecule has 3 heteroatoms. The molecule has 0 saturated heterocycles. The van der Waals surface area contributed by atoms with Gasteiger partial charge in [0.25, 0.3) is 0 Å². The van der Waals surface area contributed by atoms with Crippen LogP contribution in [0.2, 0.25) is 0 Å². The molecule has 0 bridgehead atoms. The highest BCUT2D eigenvalue weighted by atomic mass is 79.9. The van der Waals surface area contributed by atoms with Crippen molar-refractivity contribution in [1.29, 1.82) is 0 Å². The number of hydrogen-bond donors (Lipinski definition) is 2. The molecule has 2 nitrogen and oxygen atoms in total. The van der Waals surface area contributed by atoms with E-state index in [0.717, 1.165) is 12.6 Å². The molecule has 0 unspecified atom stereocenters. The number of hydrogen-bond acceptors (Lipinski definition) is 1. The quantitative estimate of drug-likeness (QED) is 0.885. The Kier molecular flexibility index (Phi) is 2.75. The lowest BCUT2D eigenvalue weighted by Crippen LogP contribution is -2.15. The molecule has 1 saturated carbocycles. The first-order valence-electron chi connectivity index (χ1n) is 6.16. The van der Waals surface area contributed by atoms with Crippen molar-refractivity contribution in [3.8, 4) is 0 Å². The first-order valence-corrected chi connectivity index (χ1v) is 6.95. The Morgan fingerprint density at radius 3 is 2.82 bits per heavy atom. The van der Waals surface area contributed by atoms with Gasteiger partial charge in [0.15, 0.2) is 0 Å². The first kappa shape index (κ1) is 11.3. The fraction of sp³-hybridized carbons (Fsp3) is 0.429. The second-order valence-electron chi connectivity index (χ2n) is 5.08. The summed E-state index contributed by atoms with van der Waals surface area (Å²) in [6, 6.07) is 5.20. The van der Waals surface area contributed by atoms with Crippen LogP contribution in [0.3, 0.4) is 0 Å². The monoisotopic (exact) mass is 292 g/mol. The number of rotatable bonds is 3. The van der Waals surface area contributed by atoms with Crippen LogP contribution >= 0.6 is 15.9 Å². The minimum atomic E-state index is 0.746. The maximum Gasteiger partial charge on any atom is 0.0477 e. The standard InChI is InChI=1S/C14H17BrN2/c1-8-5-9(2)13-11(6-8)17-12(14(13)15)7-16-10-3-4-10/h5-6,10,16-17H,3-4,7H2,1-2H3. The molecule has 1 aliphatic carbocycles. The van der Waals surface area contributed by atoms with Crippen LogP contribution in [0.5, 0.6) is 0 Å². The summed E-state index contributed by atoms with van der Waals surface area (Å²) >= 11 is 3.73. The summed E-state index contributed by atoms with van der Waals surface area (Å²) in [6.07, 6.45) is 2.66. The van der Waals surface area contributed by atoms with E-state index >= 15 is 0 Å². The molecular weight excluding hydrogens is 276 g/mol. The van der Waals surface area contributed by atoms with Gasteiger partial charge in [-0.3, -0.25) is 0 Å². The zero-order chi connectivity index (χ0) is 12.0. The number of aromatic nitrogens is 1. The van der Waals surface area contributed by atoms with Gasteiger partial charge >= 0.3 is 0 Å². The Labute approximate surface area is 110 Å². The smallest absolute Gasteiger partial charge is 0.0477 e. The summed E-state index contributed by atoms with van der Waals surface area (Å²) in [7, 11) is 0. The third kappa shape index (κ3) is 2.14.